The Morgan fingerprint density at radius 2 is 2.21 bits per heavy atom. The number of hydrogen-bond acceptors (Lipinski definition) is 3. The van der Waals surface area contributed by atoms with Gasteiger partial charge in [0.2, 0.25) is 0 Å². The van der Waals surface area contributed by atoms with Crippen LogP contribution in [0, 0.1) is 6.92 Å². The number of carbonyl (C=O) groups is 1. The lowest BCUT2D eigenvalue weighted by molar-refractivity contribution is 0.0742. The largest absolute Gasteiger partial charge is 0.385 e. The van der Waals surface area contributed by atoms with Gasteiger partial charge in [0.05, 0.1) is 12.2 Å². The molecule has 0 unspecified atom stereocenters. The molecule has 2 rings (SSSR count). The molecule has 104 valence electrons. The SMILES string of the molecule is CCNc1cc(C)ccc1C(=O)N1CCCOCC1. The number of aryl methyl sites for hydroxylation is 1. The average Bonchev–Trinajstić information content (AvgIpc) is 2.67. The Hall–Kier alpha value is -1.55. The fourth-order valence-electron chi connectivity index (χ4n) is 2.30. The van der Waals surface area contributed by atoms with Gasteiger partial charge in [0.15, 0.2) is 0 Å². The molecule has 1 aromatic carbocycles. The third kappa shape index (κ3) is 3.47. The summed E-state index contributed by atoms with van der Waals surface area (Å²) in [7, 11) is 0. The van der Waals surface area contributed by atoms with Crippen LogP contribution in [-0.4, -0.2) is 43.7 Å². The van der Waals surface area contributed by atoms with Crippen molar-refractivity contribution < 1.29 is 9.53 Å². The molecule has 0 aliphatic carbocycles. The molecule has 4 heteroatoms. The van der Waals surface area contributed by atoms with Crippen LogP contribution in [0.2, 0.25) is 0 Å². The van der Waals surface area contributed by atoms with Gasteiger partial charge in [0.25, 0.3) is 5.91 Å². The van der Waals surface area contributed by atoms with Crippen molar-refractivity contribution in [3.63, 3.8) is 0 Å². The van der Waals surface area contributed by atoms with Crippen LogP contribution < -0.4 is 5.32 Å². The van der Waals surface area contributed by atoms with Crippen LogP contribution in [0.25, 0.3) is 0 Å². The number of amides is 1. The third-order valence-corrected chi connectivity index (χ3v) is 3.28. The average molecular weight is 262 g/mol. The van der Waals surface area contributed by atoms with E-state index >= 15 is 0 Å². The van der Waals surface area contributed by atoms with Gasteiger partial charge >= 0.3 is 0 Å². The van der Waals surface area contributed by atoms with Crippen molar-refractivity contribution in [1.29, 1.82) is 0 Å². The molecule has 1 heterocycles. The molecule has 1 N–H and O–H groups in total. The summed E-state index contributed by atoms with van der Waals surface area (Å²) >= 11 is 0. The normalized spacial score (nSPS) is 16.0. The minimum absolute atomic E-state index is 0.0986. The number of nitrogens with zero attached hydrogens (tertiary/aromatic N) is 1. The van der Waals surface area contributed by atoms with Gasteiger partial charge in [-0.25, -0.2) is 0 Å². The summed E-state index contributed by atoms with van der Waals surface area (Å²) in [5, 5.41) is 3.27. The van der Waals surface area contributed by atoms with E-state index in [2.05, 4.69) is 5.32 Å². The minimum Gasteiger partial charge on any atom is -0.385 e. The van der Waals surface area contributed by atoms with E-state index < -0.39 is 0 Å². The van der Waals surface area contributed by atoms with Gasteiger partial charge in [-0.1, -0.05) is 6.07 Å². The van der Waals surface area contributed by atoms with E-state index in [1.807, 2.05) is 36.9 Å². The van der Waals surface area contributed by atoms with Gasteiger partial charge in [0, 0.05) is 31.9 Å². The Morgan fingerprint density at radius 1 is 1.37 bits per heavy atom. The molecule has 1 aliphatic rings. The maximum absolute atomic E-state index is 12.6. The molecule has 4 nitrogen and oxygen atoms in total. The molecule has 0 saturated carbocycles. The fourth-order valence-corrected chi connectivity index (χ4v) is 2.30. The van der Waals surface area contributed by atoms with Crippen LogP contribution in [-0.2, 0) is 4.74 Å². The van der Waals surface area contributed by atoms with Crippen molar-refractivity contribution in [1.82, 2.24) is 4.90 Å². The van der Waals surface area contributed by atoms with Crippen molar-refractivity contribution in [2.45, 2.75) is 20.3 Å². The van der Waals surface area contributed by atoms with Crippen molar-refractivity contribution in [2.75, 3.05) is 38.2 Å². The maximum atomic E-state index is 12.6. The molecule has 1 aliphatic heterocycles. The first-order chi connectivity index (χ1) is 9.22. The zero-order chi connectivity index (χ0) is 13.7. The predicted molar refractivity (Wildman–Crippen MR) is 76.7 cm³/mol. The molecular formula is C15H22N2O2. The van der Waals surface area contributed by atoms with Gasteiger partial charge in [0.1, 0.15) is 0 Å². The topological polar surface area (TPSA) is 41.6 Å². The van der Waals surface area contributed by atoms with Crippen LogP contribution in [0.1, 0.15) is 29.3 Å². The highest BCUT2D eigenvalue weighted by Crippen LogP contribution is 2.20. The monoisotopic (exact) mass is 262 g/mol. The number of ether oxygens (including phenoxy) is 1. The number of anilines is 1. The lowest BCUT2D eigenvalue weighted by Gasteiger charge is -2.21. The molecule has 1 fully saturated rings. The van der Waals surface area contributed by atoms with E-state index in [0.29, 0.717) is 13.2 Å². The van der Waals surface area contributed by atoms with Gasteiger partial charge < -0.3 is 15.0 Å². The van der Waals surface area contributed by atoms with E-state index in [-0.39, 0.29) is 5.91 Å². The van der Waals surface area contributed by atoms with Gasteiger partial charge in [-0.15, -0.1) is 0 Å². The Morgan fingerprint density at radius 3 is 3.00 bits per heavy atom. The van der Waals surface area contributed by atoms with Crippen molar-refractivity contribution in [3.05, 3.63) is 29.3 Å². The number of rotatable bonds is 3. The number of hydrogen-bond donors (Lipinski definition) is 1. The summed E-state index contributed by atoms with van der Waals surface area (Å²) in [6.07, 6.45) is 0.911. The standard InChI is InChI=1S/C15H22N2O2/c1-3-16-14-11-12(2)5-6-13(14)15(18)17-7-4-9-19-10-8-17/h5-6,11,16H,3-4,7-10H2,1-2H3. The van der Waals surface area contributed by atoms with Crippen LogP contribution >= 0.6 is 0 Å². The molecule has 0 bridgehead atoms. The molecule has 1 saturated heterocycles. The van der Waals surface area contributed by atoms with Gasteiger partial charge in [-0.2, -0.15) is 0 Å². The second-order valence-electron chi connectivity index (χ2n) is 4.84. The highest BCUT2D eigenvalue weighted by molar-refractivity contribution is 5.99. The Kier molecular flexibility index (Phi) is 4.80. The summed E-state index contributed by atoms with van der Waals surface area (Å²) in [5.41, 5.74) is 2.85. The predicted octanol–water partition coefficient (Wildman–Crippen LogP) is 2.29. The smallest absolute Gasteiger partial charge is 0.256 e. The van der Waals surface area contributed by atoms with E-state index in [4.69, 9.17) is 4.74 Å². The van der Waals surface area contributed by atoms with Crippen molar-refractivity contribution >= 4 is 11.6 Å². The first kappa shape index (κ1) is 13.9. The zero-order valence-corrected chi connectivity index (χ0v) is 11.7. The molecule has 1 aromatic rings. The Balaban J connectivity index is 2.21. The summed E-state index contributed by atoms with van der Waals surface area (Å²) < 4.78 is 5.40. The second-order valence-corrected chi connectivity index (χ2v) is 4.84. The van der Waals surface area contributed by atoms with Crippen LogP contribution in [0.5, 0.6) is 0 Å². The second kappa shape index (κ2) is 6.57. The van der Waals surface area contributed by atoms with E-state index in [0.717, 1.165) is 42.9 Å². The van der Waals surface area contributed by atoms with Crippen LogP contribution in [0.3, 0.4) is 0 Å². The maximum Gasteiger partial charge on any atom is 0.256 e. The molecular weight excluding hydrogens is 240 g/mol. The van der Waals surface area contributed by atoms with E-state index in [9.17, 15) is 4.79 Å². The summed E-state index contributed by atoms with van der Waals surface area (Å²) in [4.78, 5) is 14.5. The first-order valence-corrected chi connectivity index (χ1v) is 6.94. The van der Waals surface area contributed by atoms with Crippen molar-refractivity contribution in [2.24, 2.45) is 0 Å². The van der Waals surface area contributed by atoms with Gasteiger partial charge in [-0.3, -0.25) is 4.79 Å². The third-order valence-electron chi connectivity index (χ3n) is 3.28. The molecule has 0 atom stereocenters. The Bertz CT molecular complexity index is 438. The highest BCUT2D eigenvalue weighted by Gasteiger charge is 2.19. The Labute approximate surface area is 114 Å². The summed E-state index contributed by atoms with van der Waals surface area (Å²) in [6.45, 7) is 7.72. The lowest BCUT2D eigenvalue weighted by Crippen LogP contribution is -2.33. The highest BCUT2D eigenvalue weighted by atomic mass is 16.5. The number of benzene rings is 1. The van der Waals surface area contributed by atoms with Crippen LogP contribution in [0.15, 0.2) is 18.2 Å². The van der Waals surface area contributed by atoms with E-state index in [1.54, 1.807) is 0 Å². The lowest BCUT2D eigenvalue weighted by atomic mass is 10.1. The van der Waals surface area contributed by atoms with Crippen LogP contribution in [0.4, 0.5) is 5.69 Å². The summed E-state index contributed by atoms with van der Waals surface area (Å²) in [6, 6.07) is 5.94. The molecule has 0 radical (unpaired) electrons. The quantitative estimate of drug-likeness (QED) is 0.908. The molecule has 0 spiro atoms. The fraction of sp³-hybridized carbons (Fsp3) is 0.533. The van der Waals surface area contributed by atoms with Crippen molar-refractivity contribution in [3.8, 4) is 0 Å². The summed E-state index contributed by atoms with van der Waals surface area (Å²) in [5.74, 6) is 0.0986. The van der Waals surface area contributed by atoms with E-state index in [1.165, 1.54) is 0 Å². The first-order valence-electron chi connectivity index (χ1n) is 6.94. The molecule has 19 heavy (non-hydrogen) atoms. The molecule has 1 amide bonds. The number of nitrogens with one attached hydrogen (secondary N) is 1. The number of carbonyl (C=O) groups excluding carboxylic acids is 1. The molecule has 0 aromatic heterocycles. The van der Waals surface area contributed by atoms with Gasteiger partial charge in [-0.05, 0) is 38.0 Å². The zero-order valence-electron chi connectivity index (χ0n) is 11.7. The minimum atomic E-state index is 0.0986.